The molecule has 2 amide bonds. The van der Waals surface area contributed by atoms with Crippen molar-refractivity contribution in [1.82, 2.24) is 9.80 Å². The molecule has 0 N–H and O–H groups in total. The number of nitrogens with zero attached hydrogens (tertiary/aromatic N) is 2. The first-order chi connectivity index (χ1) is 12.3. The molecule has 25 heavy (non-hydrogen) atoms. The van der Waals surface area contributed by atoms with E-state index >= 15 is 0 Å². The molecular formula is C22H28N2O. The molecule has 1 saturated heterocycles. The van der Waals surface area contributed by atoms with Gasteiger partial charge in [-0.3, -0.25) is 0 Å². The Kier molecular flexibility index (Phi) is 6.10. The number of benzene rings is 2. The number of hydrogen-bond acceptors (Lipinski definition) is 1. The van der Waals surface area contributed by atoms with E-state index in [1.807, 2.05) is 28.0 Å². The maximum atomic E-state index is 12.9. The van der Waals surface area contributed by atoms with E-state index in [2.05, 4.69) is 49.4 Å². The predicted molar refractivity (Wildman–Crippen MR) is 102 cm³/mol. The van der Waals surface area contributed by atoms with Gasteiger partial charge in [0, 0.05) is 26.2 Å². The molecular weight excluding hydrogens is 308 g/mol. The molecule has 1 heterocycles. The molecule has 1 fully saturated rings. The lowest BCUT2D eigenvalue weighted by atomic mass is 9.90. The third-order valence-corrected chi connectivity index (χ3v) is 5.12. The topological polar surface area (TPSA) is 23.6 Å². The van der Waals surface area contributed by atoms with Gasteiger partial charge in [0.2, 0.25) is 0 Å². The van der Waals surface area contributed by atoms with E-state index in [0.717, 1.165) is 38.9 Å². The summed E-state index contributed by atoms with van der Waals surface area (Å²) in [5.41, 5.74) is 2.60. The Labute approximate surface area is 151 Å². The Bertz CT molecular complexity index is 648. The zero-order valence-corrected chi connectivity index (χ0v) is 15.1. The van der Waals surface area contributed by atoms with Crippen molar-refractivity contribution >= 4 is 6.03 Å². The molecule has 0 bridgehead atoms. The van der Waals surface area contributed by atoms with Gasteiger partial charge in [-0.2, -0.15) is 0 Å². The van der Waals surface area contributed by atoms with Crippen LogP contribution in [0.1, 0.15) is 30.9 Å². The average molecular weight is 336 g/mol. The smallest absolute Gasteiger partial charge is 0.320 e. The summed E-state index contributed by atoms with van der Waals surface area (Å²) in [5.74, 6) is 0.690. The zero-order chi connectivity index (χ0) is 17.5. The second-order valence-corrected chi connectivity index (χ2v) is 6.90. The molecule has 0 radical (unpaired) electrons. The van der Waals surface area contributed by atoms with Crippen LogP contribution in [0.2, 0.25) is 0 Å². The Morgan fingerprint density at radius 1 is 0.960 bits per heavy atom. The number of piperidine rings is 1. The number of rotatable bonds is 5. The van der Waals surface area contributed by atoms with Crippen molar-refractivity contribution in [3.05, 3.63) is 71.8 Å². The number of hydrogen-bond donors (Lipinski definition) is 0. The lowest BCUT2D eigenvalue weighted by Gasteiger charge is -2.35. The largest absolute Gasteiger partial charge is 0.325 e. The number of carbonyl (C=O) groups is 1. The lowest BCUT2D eigenvalue weighted by molar-refractivity contribution is 0.132. The fraction of sp³-hybridized carbons (Fsp3) is 0.409. The molecule has 0 spiro atoms. The normalized spacial score (nSPS) is 15.2. The average Bonchev–Trinajstić information content (AvgIpc) is 2.68. The third-order valence-electron chi connectivity index (χ3n) is 5.12. The van der Waals surface area contributed by atoms with Gasteiger partial charge in [-0.15, -0.1) is 0 Å². The summed E-state index contributed by atoms with van der Waals surface area (Å²) in [6.07, 6.45) is 3.33. The SMILES string of the molecule is CCN(Cc1ccccc1)C(=O)N1CCC(Cc2ccccc2)CC1. The van der Waals surface area contributed by atoms with Gasteiger partial charge in [0.05, 0.1) is 0 Å². The third kappa shape index (κ3) is 4.85. The molecule has 0 aromatic heterocycles. The Morgan fingerprint density at radius 3 is 2.08 bits per heavy atom. The molecule has 3 heteroatoms. The molecule has 0 unspecified atom stereocenters. The van der Waals surface area contributed by atoms with Crippen molar-refractivity contribution in [2.24, 2.45) is 5.92 Å². The Morgan fingerprint density at radius 2 is 1.52 bits per heavy atom. The van der Waals surface area contributed by atoms with Crippen molar-refractivity contribution in [3.8, 4) is 0 Å². The summed E-state index contributed by atoms with van der Waals surface area (Å²) >= 11 is 0. The highest BCUT2D eigenvalue weighted by atomic mass is 16.2. The van der Waals surface area contributed by atoms with E-state index < -0.39 is 0 Å². The van der Waals surface area contributed by atoms with E-state index in [-0.39, 0.29) is 6.03 Å². The van der Waals surface area contributed by atoms with Gasteiger partial charge in [0.25, 0.3) is 0 Å². The van der Waals surface area contributed by atoms with Crippen LogP contribution in [-0.4, -0.2) is 35.5 Å². The molecule has 1 aliphatic rings. The van der Waals surface area contributed by atoms with Crippen LogP contribution >= 0.6 is 0 Å². The second-order valence-electron chi connectivity index (χ2n) is 6.90. The van der Waals surface area contributed by atoms with E-state index in [1.54, 1.807) is 0 Å². The molecule has 3 rings (SSSR count). The summed E-state index contributed by atoms with van der Waals surface area (Å²) in [5, 5.41) is 0. The highest BCUT2D eigenvalue weighted by Crippen LogP contribution is 2.22. The number of amides is 2. The highest BCUT2D eigenvalue weighted by molar-refractivity contribution is 5.74. The van der Waals surface area contributed by atoms with Crippen LogP contribution in [0, 0.1) is 5.92 Å². The number of urea groups is 1. The fourth-order valence-electron chi connectivity index (χ4n) is 3.59. The highest BCUT2D eigenvalue weighted by Gasteiger charge is 2.25. The van der Waals surface area contributed by atoms with Gasteiger partial charge in [-0.05, 0) is 43.2 Å². The first-order valence-electron chi connectivity index (χ1n) is 9.38. The summed E-state index contributed by atoms with van der Waals surface area (Å²) in [6.45, 7) is 5.25. The second kappa shape index (κ2) is 8.70. The van der Waals surface area contributed by atoms with Crippen LogP contribution in [-0.2, 0) is 13.0 Å². The van der Waals surface area contributed by atoms with Crippen molar-refractivity contribution in [3.63, 3.8) is 0 Å². The van der Waals surface area contributed by atoms with E-state index in [4.69, 9.17) is 0 Å². The van der Waals surface area contributed by atoms with Crippen LogP contribution < -0.4 is 0 Å². The summed E-state index contributed by atoms with van der Waals surface area (Å²) in [4.78, 5) is 16.8. The summed E-state index contributed by atoms with van der Waals surface area (Å²) < 4.78 is 0. The standard InChI is InChI=1S/C22H28N2O/c1-2-23(18-21-11-7-4-8-12-21)22(25)24-15-13-20(14-16-24)17-19-9-5-3-6-10-19/h3-12,20H,2,13-18H2,1H3. The van der Waals surface area contributed by atoms with E-state index in [1.165, 1.54) is 11.1 Å². The minimum atomic E-state index is 0.185. The maximum absolute atomic E-state index is 12.9. The molecule has 2 aromatic rings. The Balaban J connectivity index is 1.51. The van der Waals surface area contributed by atoms with Crippen molar-refractivity contribution in [2.45, 2.75) is 32.7 Å². The van der Waals surface area contributed by atoms with Gasteiger partial charge in [0.1, 0.15) is 0 Å². The minimum absolute atomic E-state index is 0.185. The molecule has 2 aromatic carbocycles. The first-order valence-corrected chi connectivity index (χ1v) is 9.38. The van der Waals surface area contributed by atoms with Gasteiger partial charge in [0.15, 0.2) is 0 Å². The quantitative estimate of drug-likeness (QED) is 0.784. The maximum Gasteiger partial charge on any atom is 0.320 e. The molecule has 1 aliphatic heterocycles. The van der Waals surface area contributed by atoms with E-state index in [9.17, 15) is 4.79 Å². The summed E-state index contributed by atoms with van der Waals surface area (Å²) in [7, 11) is 0. The monoisotopic (exact) mass is 336 g/mol. The van der Waals surface area contributed by atoms with Crippen LogP contribution in [0.15, 0.2) is 60.7 Å². The van der Waals surface area contributed by atoms with Gasteiger partial charge < -0.3 is 9.80 Å². The van der Waals surface area contributed by atoms with Crippen LogP contribution in [0.4, 0.5) is 4.79 Å². The molecule has 0 atom stereocenters. The fourth-order valence-corrected chi connectivity index (χ4v) is 3.59. The predicted octanol–water partition coefficient (Wildman–Crippen LogP) is 4.58. The van der Waals surface area contributed by atoms with Crippen molar-refractivity contribution < 1.29 is 4.79 Å². The molecule has 132 valence electrons. The van der Waals surface area contributed by atoms with Gasteiger partial charge >= 0.3 is 6.03 Å². The molecule has 0 aliphatic carbocycles. The Hall–Kier alpha value is -2.29. The van der Waals surface area contributed by atoms with Crippen molar-refractivity contribution in [2.75, 3.05) is 19.6 Å². The van der Waals surface area contributed by atoms with E-state index in [0.29, 0.717) is 12.5 Å². The summed E-state index contributed by atoms with van der Waals surface area (Å²) in [6, 6.07) is 21.1. The van der Waals surface area contributed by atoms with Crippen LogP contribution in [0.3, 0.4) is 0 Å². The van der Waals surface area contributed by atoms with Gasteiger partial charge in [-0.25, -0.2) is 4.79 Å². The number of likely N-dealkylation sites (tertiary alicyclic amines) is 1. The van der Waals surface area contributed by atoms with Crippen molar-refractivity contribution in [1.29, 1.82) is 0 Å². The lowest BCUT2D eigenvalue weighted by Crippen LogP contribution is -2.46. The first kappa shape index (κ1) is 17.5. The van der Waals surface area contributed by atoms with Crippen LogP contribution in [0.25, 0.3) is 0 Å². The molecule has 0 saturated carbocycles. The zero-order valence-electron chi connectivity index (χ0n) is 15.1. The van der Waals surface area contributed by atoms with Gasteiger partial charge in [-0.1, -0.05) is 60.7 Å². The molecule has 3 nitrogen and oxygen atoms in total. The minimum Gasteiger partial charge on any atom is -0.325 e. The number of carbonyl (C=O) groups excluding carboxylic acids is 1. The van der Waals surface area contributed by atoms with Crippen LogP contribution in [0.5, 0.6) is 0 Å².